The van der Waals surface area contributed by atoms with Crippen LogP contribution in [0.15, 0.2) is 40.6 Å². The number of hydrazone groups is 1. The van der Waals surface area contributed by atoms with Crippen LogP contribution in [0.3, 0.4) is 0 Å². The normalized spacial score (nSPS) is 14.7. The quantitative estimate of drug-likeness (QED) is 0.667. The summed E-state index contributed by atoms with van der Waals surface area (Å²) >= 11 is 1.28. The molecule has 0 unspecified atom stereocenters. The fourth-order valence-corrected chi connectivity index (χ4v) is 3.28. The van der Waals surface area contributed by atoms with Crippen LogP contribution in [0.1, 0.15) is 38.6 Å². The molecule has 2 aromatic rings. The summed E-state index contributed by atoms with van der Waals surface area (Å²) in [6.07, 6.45) is 0.766. The van der Waals surface area contributed by atoms with Gasteiger partial charge in [0.05, 0.1) is 18.0 Å². The highest BCUT2D eigenvalue weighted by molar-refractivity contribution is 7.99. The van der Waals surface area contributed by atoms with Crippen molar-refractivity contribution in [1.82, 2.24) is 19.9 Å². The lowest BCUT2D eigenvalue weighted by Crippen LogP contribution is -2.26. The van der Waals surface area contributed by atoms with Gasteiger partial charge < -0.3 is 5.84 Å². The van der Waals surface area contributed by atoms with Gasteiger partial charge in [0.2, 0.25) is 5.16 Å². The molecule has 3 rings (SSSR count). The lowest BCUT2D eigenvalue weighted by molar-refractivity contribution is -0.127. The Kier molecular flexibility index (Phi) is 4.80. The van der Waals surface area contributed by atoms with Crippen LogP contribution in [0.25, 0.3) is 0 Å². The Hall–Kier alpha value is -2.35. The molecule has 1 aliphatic heterocycles. The van der Waals surface area contributed by atoms with Crippen molar-refractivity contribution < 1.29 is 4.79 Å². The molecule has 2 N–H and O–H groups in total. The van der Waals surface area contributed by atoms with E-state index in [4.69, 9.17) is 5.84 Å². The van der Waals surface area contributed by atoms with E-state index < -0.39 is 0 Å². The summed E-state index contributed by atoms with van der Waals surface area (Å²) in [6, 6.07) is 9.92. The van der Waals surface area contributed by atoms with Gasteiger partial charge in [-0.05, 0) is 5.56 Å². The molecule has 0 fully saturated rings. The Morgan fingerprint density at radius 1 is 1.24 bits per heavy atom. The monoisotopic (exact) mass is 358 g/mol. The lowest BCUT2D eigenvalue weighted by atomic mass is 9.96. The van der Waals surface area contributed by atoms with Crippen molar-refractivity contribution in [2.24, 2.45) is 5.10 Å². The van der Waals surface area contributed by atoms with Crippen LogP contribution in [0.4, 0.5) is 0 Å². The van der Waals surface area contributed by atoms with Gasteiger partial charge in [-0.2, -0.15) is 5.10 Å². The van der Waals surface area contributed by atoms with E-state index in [1.165, 1.54) is 21.4 Å². The third-order valence-electron chi connectivity index (χ3n) is 3.86. The van der Waals surface area contributed by atoms with Crippen LogP contribution in [0, 0.1) is 0 Å². The van der Waals surface area contributed by atoms with E-state index in [0.29, 0.717) is 17.5 Å². The second-order valence-electron chi connectivity index (χ2n) is 6.89. The Bertz CT molecular complexity index is 793. The number of hydrogen-bond donors (Lipinski definition) is 1. The zero-order chi connectivity index (χ0) is 18.0. The highest BCUT2D eigenvalue weighted by Crippen LogP contribution is 2.24. The summed E-state index contributed by atoms with van der Waals surface area (Å²) in [5, 5.41) is 14.7. The molecule has 1 aromatic carbocycles. The van der Waals surface area contributed by atoms with E-state index in [-0.39, 0.29) is 17.1 Å². The maximum Gasteiger partial charge on any atom is 0.253 e. The molecule has 25 heavy (non-hydrogen) atoms. The van der Waals surface area contributed by atoms with Crippen LogP contribution in [0.5, 0.6) is 0 Å². The minimum Gasteiger partial charge on any atom is -0.336 e. The third-order valence-corrected chi connectivity index (χ3v) is 4.78. The Morgan fingerprint density at radius 3 is 2.60 bits per heavy atom. The second-order valence-corrected chi connectivity index (χ2v) is 7.84. The zero-order valence-electron chi connectivity index (χ0n) is 14.6. The molecule has 0 radical (unpaired) electrons. The molecule has 0 saturated carbocycles. The van der Waals surface area contributed by atoms with Crippen molar-refractivity contribution in [3.63, 3.8) is 0 Å². The van der Waals surface area contributed by atoms with Crippen molar-refractivity contribution in [3.05, 3.63) is 41.7 Å². The maximum atomic E-state index is 12.4. The number of amides is 1. The molecule has 8 heteroatoms. The van der Waals surface area contributed by atoms with Gasteiger partial charge in [0.1, 0.15) is 0 Å². The smallest absolute Gasteiger partial charge is 0.253 e. The number of nitrogens with two attached hydrogens (primary N) is 1. The van der Waals surface area contributed by atoms with E-state index in [2.05, 4.69) is 15.3 Å². The molecule has 0 atom stereocenters. The molecule has 0 aliphatic carbocycles. The van der Waals surface area contributed by atoms with Crippen molar-refractivity contribution in [2.45, 2.75) is 37.8 Å². The molecule has 0 spiro atoms. The molecule has 0 bridgehead atoms. The molecule has 1 aromatic heterocycles. The number of thioether (sulfide) groups is 1. The van der Waals surface area contributed by atoms with Crippen LogP contribution in [-0.2, 0) is 10.2 Å². The number of benzene rings is 1. The largest absolute Gasteiger partial charge is 0.336 e. The van der Waals surface area contributed by atoms with Gasteiger partial charge in [0.25, 0.3) is 5.91 Å². The van der Waals surface area contributed by atoms with Crippen molar-refractivity contribution in [2.75, 3.05) is 18.1 Å². The summed E-state index contributed by atoms with van der Waals surface area (Å²) in [5.74, 6) is 6.90. The highest BCUT2D eigenvalue weighted by Gasteiger charge is 2.25. The van der Waals surface area contributed by atoms with Gasteiger partial charge >= 0.3 is 0 Å². The predicted molar refractivity (Wildman–Crippen MR) is 98.9 cm³/mol. The summed E-state index contributed by atoms with van der Waals surface area (Å²) in [4.78, 5) is 12.4. The first kappa shape index (κ1) is 17.5. The molecule has 0 saturated heterocycles. The summed E-state index contributed by atoms with van der Waals surface area (Å²) in [6.45, 7) is 6.66. The topological polar surface area (TPSA) is 89.4 Å². The molecule has 1 amide bonds. The minimum absolute atomic E-state index is 0.0590. The number of carbonyl (C=O) groups excluding carboxylic acids is 1. The average Bonchev–Trinajstić information content (AvgIpc) is 3.20. The lowest BCUT2D eigenvalue weighted by Gasteiger charge is -2.16. The summed E-state index contributed by atoms with van der Waals surface area (Å²) in [5.41, 5.74) is 1.80. The maximum absolute atomic E-state index is 12.4. The zero-order valence-corrected chi connectivity index (χ0v) is 15.5. The summed E-state index contributed by atoms with van der Waals surface area (Å²) in [7, 11) is 0. The number of nitrogen functional groups attached to an aromatic ring is 1. The average molecular weight is 358 g/mol. The second kappa shape index (κ2) is 6.87. The number of hydrogen-bond acceptors (Lipinski definition) is 6. The highest BCUT2D eigenvalue weighted by atomic mass is 32.2. The Morgan fingerprint density at radius 2 is 1.96 bits per heavy atom. The van der Waals surface area contributed by atoms with E-state index in [1.54, 1.807) is 0 Å². The predicted octanol–water partition coefficient (Wildman–Crippen LogP) is 2.02. The number of rotatable bonds is 4. The number of aromatic nitrogens is 3. The van der Waals surface area contributed by atoms with Crippen LogP contribution < -0.4 is 5.84 Å². The fraction of sp³-hybridized carbons (Fsp3) is 0.412. The third kappa shape index (κ3) is 3.84. The van der Waals surface area contributed by atoms with Gasteiger partial charge in [-0.1, -0.05) is 62.9 Å². The van der Waals surface area contributed by atoms with Crippen molar-refractivity contribution in [3.8, 4) is 0 Å². The number of nitrogens with zero attached hydrogens (tertiary/aromatic N) is 5. The van der Waals surface area contributed by atoms with Crippen LogP contribution in [-0.4, -0.2) is 43.8 Å². The Labute approximate surface area is 151 Å². The van der Waals surface area contributed by atoms with E-state index in [1.807, 2.05) is 51.1 Å². The van der Waals surface area contributed by atoms with Gasteiger partial charge in [0.15, 0.2) is 5.82 Å². The first-order chi connectivity index (χ1) is 11.9. The van der Waals surface area contributed by atoms with Crippen LogP contribution in [0.2, 0.25) is 0 Å². The van der Waals surface area contributed by atoms with E-state index in [9.17, 15) is 4.79 Å². The molecular weight excluding hydrogens is 336 g/mol. The van der Waals surface area contributed by atoms with Crippen molar-refractivity contribution in [1.29, 1.82) is 0 Å². The van der Waals surface area contributed by atoms with Crippen LogP contribution >= 0.6 is 11.8 Å². The van der Waals surface area contributed by atoms with Gasteiger partial charge in [-0.15, -0.1) is 10.2 Å². The van der Waals surface area contributed by atoms with E-state index in [0.717, 1.165) is 17.7 Å². The van der Waals surface area contributed by atoms with Crippen molar-refractivity contribution >= 4 is 23.4 Å². The molecule has 7 nitrogen and oxygen atoms in total. The number of carbonyl (C=O) groups is 1. The standard InChI is InChI=1S/C17H22N6OS/c1-17(2,3)15-19-20-16(23(15)18)25-11-14(24)22-10-9-13(21-22)12-7-5-4-6-8-12/h4-8H,9-11,18H2,1-3H3. The Balaban J connectivity index is 1.63. The fourth-order valence-electron chi connectivity index (χ4n) is 2.56. The molecular formula is C17H22N6OS. The van der Waals surface area contributed by atoms with Gasteiger partial charge in [-0.3, -0.25) is 4.79 Å². The molecule has 132 valence electrons. The molecule has 2 heterocycles. The first-order valence-corrected chi connectivity index (χ1v) is 9.12. The summed E-state index contributed by atoms with van der Waals surface area (Å²) < 4.78 is 1.46. The van der Waals surface area contributed by atoms with Gasteiger partial charge in [-0.25, -0.2) is 9.69 Å². The molecule has 1 aliphatic rings. The van der Waals surface area contributed by atoms with Gasteiger partial charge in [0, 0.05) is 11.8 Å². The first-order valence-electron chi connectivity index (χ1n) is 8.13. The SMILES string of the molecule is CC(C)(C)c1nnc(SCC(=O)N2CCC(c3ccccc3)=N2)n1N. The minimum atomic E-state index is -0.200. The van der Waals surface area contributed by atoms with E-state index >= 15 is 0 Å².